The van der Waals surface area contributed by atoms with Crippen LogP contribution < -0.4 is 5.32 Å². The van der Waals surface area contributed by atoms with Crippen LogP contribution in [-0.4, -0.2) is 33.2 Å². The molecule has 6 nitrogen and oxygen atoms in total. The van der Waals surface area contributed by atoms with Crippen molar-refractivity contribution in [2.75, 3.05) is 12.4 Å². The third kappa shape index (κ3) is 3.45. The zero-order valence-corrected chi connectivity index (χ0v) is 11.4. The highest BCUT2D eigenvalue weighted by molar-refractivity contribution is 6.31. The number of anilines is 1. The summed E-state index contributed by atoms with van der Waals surface area (Å²) in [5, 5.41) is 9.81. The summed E-state index contributed by atoms with van der Waals surface area (Å²) in [6.45, 7) is 2.26. The topological polar surface area (TPSA) is 73.9 Å². The van der Waals surface area contributed by atoms with E-state index in [9.17, 15) is 4.79 Å². The molecule has 0 unspecified atom stereocenters. The number of aromatic nitrogens is 3. The molecule has 0 atom stereocenters. The fraction of sp³-hybridized carbons (Fsp3) is 0.250. The molecule has 0 bridgehead atoms. The summed E-state index contributed by atoms with van der Waals surface area (Å²) >= 11 is 6.00. The van der Waals surface area contributed by atoms with E-state index in [1.165, 1.54) is 11.2 Å². The molecule has 0 fully saturated rings. The molecule has 0 aliphatic carbocycles. The van der Waals surface area contributed by atoms with E-state index in [0.29, 0.717) is 23.1 Å². The minimum absolute atomic E-state index is 0.240. The maximum absolute atomic E-state index is 11.9. The Hall–Kier alpha value is -2.08. The first kappa shape index (κ1) is 13.4. The van der Waals surface area contributed by atoms with E-state index in [1.807, 2.05) is 13.0 Å². The SMILES string of the molecule is Cc1ccc(NC(=O)N(C)Cc2ncn[nH]2)cc1Cl. The van der Waals surface area contributed by atoms with E-state index in [-0.39, 0.29) is 6.03 Å². The van der Waals surface area contributed by atoms with Crippen LogP contribution in [0.1, 0.15) is 11.4 Å². The second-order valence-corrected chi connectivity index (χ2v) is 4.59. The Labute approximate surface area is 115 Å². The molecule has 1 aromatic carbocycles. The van der Waals surface area contributed by atoms with Gasteiger partial charge in [0.2, 0.25) is 0 Å². The molecule has 2 rings (SSSR count). The maximum Gasteiger partial charge on any atom is 0.321 e. The van der Waals surface area contributed by atoms with Gasteiger partial charge in [0, 0.05) is 17.8 Å². The highest BCUT2D eigenvalue weighted by Gasteiger charge is 2.11. The summed E-state index contributed by atoms with van der Waals surface area (Å²) in [5.74, 6) is 0.625. The van der Waals surface area contributed by atoms with Crippen LogP contribution in [0.3, 0.4) is 0 Å². The molecule has 1 aromatic heterocycles. The van der Waals surface area contributed by atoms with Crippen molar-refractivity contribution in [3.63, 3.8) is 0 Å². The minimum atomic E-state index is -0.240. The number of hydrogen-bond acceptors (Lipinski definition) is 3. The predicted octanol–water partition coefficient (Wildman–Crippen LogP) is 2.43. The zero-order valence-electron chi connectivity index (χ0n) is 10.6. The summed E-state index contributed by atoms with van der Waals surface area (Å²) in [6, 6.07) is 5.14. The van der Waals surface area contributed by atoms with Gasteiger partial charge in [-0.25, -0.2) is 9.78 Å². The molecular weight excluding hydrogens is 266 g/mol. The molecule has 100 valence electrons. The van der Waals surface area contributed by atoms with Crippen LogP contribution in [-0.2, 0) is 6.54 Å². The summed E-state index contributed by atoms with van der Waals surface area (Å²) in [7, 11) is 1.67. The maximum atomic E-state index is 11.9. The highest BCUT2D eigenvalue weighted by Crippen LogP contribution is 2.20. The lowest BCUT2D eigenvalue weighted by Gasteiger charge is -2.16. The molecule has 2 aromatic rings. The van der Waals surface area contributed by atoms with Crippen molar-refractivity contribution >= 4 is 23.3 Å². The molecule has 7 heteroatoms. The quantitative estimate of drug-likeness (QED) is 0.906. The van der Waals surface area contributed by atoms with E-state index in [2.05, 4.69) is 20.5 Å². The number of hydrogen-bond donors (Lipinski definition) is 2. The van der Waals surface area contributed by atoms with Gasteiger partial charge in [0.1, 0.15) is 12.2 Å². The van der Waals surface area contributed by atoms with Crippen LogP contribution in [0.15, 0.2) is 24.5 Å². The van der Waals surface area contributed by atoms with Crippen molar-refractivity contribution in [1.29, 1.82) is 0 Å². The van der Waals surface area contributed by atoms with E-state index in [0.717, 1.165) is 5.56 Å². The number of amides is 2. The minimum Gasteiger partial charge on any atom is -0.320 e. The van der Waals surface area contributed by atoms with Crippen molar-refractivity contribution in [3.8, 4) is 0 Å². The van der Waals surface area contributed by atoms with Crippen molar-refractivity contribution in [3.05, 3.63) is 40.9 Å². The molecule has 2 N–H and O–H groups in total. The van der Waals surface area contributed by atoms with Gasteiger partial charge >= 0.3 is 6.03 Å². The van der Waals surface area contributed by atoms with Crippen molar-refractivity contribution in [2.45, 2.75) is 13.5 Å². The first-order chi connectivity index (χ1) is 9.06. The van der Waals surface area contributed by atoms with Gasteiger partial charge in [-0.1, -0.05) is 17.7 Å². The van der Waals surface area contributed by atoms with Gasteiger partial charge < -0.3 is 10.2 Å². The second kappa shape index (κ2) is 5.71. The molecule has 0 radical (unpaired) electrons. The van der Waals surface area contributed by atoms with Gasteiger partial charge in [-0.2, -0.15) is 5.10 Å². The zero-order chi connectivity index (χ0) is 13.8. The summed E-state index contributed by atoms with van der Waals surface area (Å²) in [6.07, 6.45) is 1.40. The number of aryl methyl sites for hydroxylation is 1. The van der Waals surface area contributed by atoms with Crippen LogP contribution in [0, 0.1) is 6.92 Å². The lowest BCUT2D eigenvalue weighted by molar-refractivity contribution is 0.219. The van der Waals surface area contributed by atoms with E-state index in [1.54, 1.807) is 19.2 Å². The van der Waals surface area contributed by atoms with E-state index in [4.69, 9.17) is 11.6 Å². The Morgan fingerprint density at radius 1 is 1.53 bits per heavy atom. The Kier molecular flexibility index (Phi) is 4.01. The third-order valence-corrected chi connectivity index (χ3v) is 3.03. The van der Waals surface area contributed by atoms with Crippen molar-refractivity contribution in [1.82, 2.24) is 20.1 Å². The highest BCUT2D eigenvalue weighted by atomic mass is 35.5. The number of aromatic amines is 1. The van der Waals surface area contributed by atoms with Crippen molar-refractivity contribution in [2.24, 2.45) is 0 Å². The van der Waals surface area contributed by atoms with Gasteiger partial charge in [0.05, 0.1) is 6.54 Å². The van der Waals surface area contributed by atoms with Crippen LogP contribution in [0.2, 0.25) is 5.02 Å². The number of nitrogens with one attached hydrogen (secondary N) is 2. The number of rotatable bonds is 3. The average Bonchev–Trinajstić information content (AvgIpc) is 2.86. The number of urea groups is 1. The molecule has 0 aliphatic rings. The van der Waals surface area contributed by atoms with Crippen LogP contribution in [0.4, 0.5) is 10.5 Å². The normalized spacial score (nSPS) is 10.3. The summed E-state index contributed by atoms with van der Waals surface area (Å²) < 4.78 is 0. The number of nitrogens with zero attached hydrogens (tertiary/aromatic N) is 3. The van der Waals surface area contributed by atoms with Gasteiger partial charge in [-0.05, 0) is 24.6 Å². The summed E-state index contributed by atoms with van der Waals surface area (Å²) in [4.78, 5) is 17.4. The van der Waals surface area contributed by atoms with E-state index >= 15 is 0 Å². The third-order valence-electron chi connectivity index (χ3n) is 2.62. The molecule has 0 aliphatic heterocycles. The number of benzene rings is 1. The number of carbonyl (C=O) groups excluding carboxylic acids is 1. The Morgan fingerprint density at radius 3 is 2.95 bits per heavy atom. The Balaban J connectivity index is 1.98. The molecule has 1 heterocycles. The molecule has 0 saturated carbocycles. The molecule has 0 saturated heterocycles. The van der Waals surface area contributed by atoms with Gasteiger partial charge in [-0.15, -0.1) is 0 Å². The second-order valence-electron chi connectivity index (χ2n) is 4.18. The lowest BCUT2D eigenvalue weighted by Crippen LogP contribution is -2.31. The van der Waals surface area contributed by atoms with Gasteiger partial charge in [0.15, 0.2) is 0 Å². The first-order valence-electron chi connectivity index (χ1n) is 5.69. The predicted molar refractivity (Wildman–Crippen MR) is 73.1 cm³/mol. The fourth-order valence-corrected chi connectivity index (χ4v) is 1.67. The molecule has 19 heavy (non-hydrogen) atoms. The number of H-pyrrole nitrogens is 1. The number of halogens is 1. The fourth-order valence-electron chi connectivity index (χ4n) is 1.49. The Morgan fingerprint density at radius 2 is 2.32 bits per heavy atom. The van der Waals surface area contributed by atoms with Gasteiger partial charge in [-0.3, -0.25) is 5.10 Å². The lowest BCUT2D eigenvalue weighted by atomic mass is 10.2. The number of carbonyl (C=O) groups is 1. The largest absolute Gasteiger partial charge is 0.321 e. The average molecular weight is 280 g/mol. The molecule has 2 amide bonds. The molecule has 0 spiro atoms. The standard InChI is InChI=1S/C12H14ClN5O/c1-8-3-4-9(5-10(8)13)16-12(19)18(2)6-11-14-7-15-17-11/h3-5,7H,6H2,1-2H3,(H,16,19)(H,14,15,17). The van der Waals surface area contributed by atoms with E-state index < -0.39 is 0 Å². The Bertz CT molecular complexity index is 570. The first-order valence-corrected chi connectivity index (χ1v) is 6.06. The van der Waals surface area contributed by atoms with Crippen LogP contribution >= 0.6 is 11.6 Å². The summed E-state index contributed by atoms with van der Waals surface area (Å²) in [5.41, 5.74) is 1.62. The van der Waals surface area contributed by atoms with Gasteiger partial charge in [0.25, 0.3) is 0 Å². The monoisotopic (exact) mass is 279 g/mol. The molecular formula is C12H14ClN5O. The smallest absolute Gasteiger partial charge is 0.320 e. The van der Waals surface area contributed by atoms with Crippen molar-refractivity contribution < 1.29 is 4.79 Å². The van der Waals surface area contributed by atoms with Crippen LogP contribution in [0.25, 0.3) is 0 Å². The van der Waals surface area contributed by atoms with Crippen LogP contribution in [0.5, 0.6) is 0 Å².